The zero-order chi connectivity index (χ0) is 13.0. The largest absolute Gasteiger partial charge is 0.480 e. The fourth-order valence-corrected chi connectivity index (χ4v) is 2.36. The molecule has 0 spiro atoms. The van der Waals surface area contributed by atoms with Gasteiger partial charge >= 0.3 is 5.97 Å². The van der Waals surface area contributed by atoms with Gasteiger partial charge in [0.1, 0.15) is 18.2 Å². The summed E-state index contributed by atoms with van der Waals surface area (Å²) in [5, 5.41) is 12.2. The van der Waals surface area contributed by atoms with Crippen molar-refractivity contribution in [1.82, 2.24) is 9.97 Å². The molecule has 0 aromatic carbocycles. The first-order valence-corrected chi connectivity index (χ1v) is 6.54. The molecule has 0 amide bonds. The Labute approximate surface area is 107 Å². The van der Waals surface area contributed by atoms with E-state index in [2.05, 4.69) is 15.3 Å². The molecule has 0 fully saturated rings. The van der Waals surface area contributed by atoms with Crippen LogP contribution in [0.15, 0.2) is 6.33 Å². The Kier molecular flexibility index (Phi) is 4.12. The molecule has 2 N–H and O–H groups in total. The molecule has 0 saturated heterocycles. The van der Waals surface area contributed by atoms with Crippen molar-refractivity contribution in [2.24, 2.45) is 0 Å². The molecule has 5 heteroatoms. The van der Waals surface area contributed by atoms with Crippen LogP contribution in [0.1, 0.15) is 43.9 Å². The van der Waals surface area contributed by atoms with Crippen molar-refractivity contribution in [2.45, 2.75) is 51.5 Å². The molecule has 1 unspecified atom stereocenters. The first-order valence-electron chi connectivity index (χ1n) is 6.54. The maximum atomic E-state index is 11.2. The summed E-state index contributed by atoms with van der Waals surface area (Å²) in [6, 6.07) is -0.559. The smallest absolute Gasteiger partial charge is 0.326 e. The van der Waals surface area contributed by atoms with Crippen molar-refractivity contribution >= 4 is 11.8 Å². The number of nitrogens with one attached hydrogen (secondary N) is 1. The minimum atomic E-state index is -0.819. The van der Waals surface area contributed by atoms with Gasteiger partial charge in [0, 0.05) is 11.3 Å². The van der Waals surface area contributed by atoms with Gasteiger partial charge in [-0.3, -0.25) is 0 Å². The van der Waals surface area contributed by atoms with Gasteiger partial charge in [0.15, 0.2) is 0 Å². The predicted molar refractivity (Wildman–Crippen MR) is 68.6 cm³/mol. The topological polar surface area (TPSA) is 75.1 Å². The van der Waals surface area contributed by atoms with Crippen LogP contribution in [0.4, 0.5) is 5.82 Å². The maximum absolute atomic E-state index is 11.2. The second-order valence-corrected chi connectivity index (χ2v) is 4.68. The quantitative estimate of drug-likeness (QED) is 0.835. The third-order valence-corrected chi connectivity index (χ3v) is 3.31. The highest BCUT2D eigenvalue weighted by atomic mass is 16.4. The molecular formula is C13H19N3O2. The Balaban J connectivity index is 2.20. The SMILES string of the molecule is CCCC(Nc1ncnc2c1CCCC2)C(=O)O. The molecule has 98 valence electrons. The van der Waals surface area contributed by atoms with E-state index >= 15 is 0 Å². The van der Waals surface area contributed by atoms with Crippen LogP contribution in [-0.4, -0.2) is 27.1 Å². The number of aromatic nitrogens is 2. The zero-order valence-corrected chi connectivity index (χ0v) is 10.6. The number of carbonyl (C=O) groups is 1. The first-order chi connectivity index (χ1) is 8.72. The van der Waals surface area contributed by atoms with Gasteiger partial charge < -0.3 is 10.4 Å². The number of hydrogen-bond donors (Lipinski definition) is 2. The van der Waals surface area contributed by atoms with Crippen molar-refractivity contribution in [3.05, 3.63) is 17.6 Å². The van der Waals surface area contributed by atoms with Crippen LogP contribution in [0, 0.1) is 0 Å². The van der Waals surface area contributed by atoms with E-state index in [0.29, 0.717) is 12.2 Å². The molecule has 1 heterocycles. The molecule has 0 aliphatic heterocycles. The van der Waals surface area contributed by atoms with Gasteiger partial charge in [-0.25, -0.2) is 14.8 Å². The lowest BCUT2D eigenvalue weighted by molar-refractivity contribution is -0.138. The summed E-state index contributed by atoms with van der Waals surface area (Å²) in [5.74, 6) is -0.111. The van der Waals surface area contributed by atoms with Gasteiger partial charge in [0.2, 0.25) is 0 Å². The van der Waals surface area contributed by atoms with Crippen molar-refractivity contribution in [3.8, 4) is 0 Å². The minimum Gasteiger partial charge on any atom is -0.480 e. The molecule has 5 nitrogen and oxygen atoms in total. The van der Waals surface area contributed by atoms with Crippen molar-refractivity contribution < 1.29 is 9.90 Å². The van der Waals surface area contributed by atoms with Gasteiger partial charge in [0.05, 0.1) is 0 Å². The van der Waals surface area contributed by atoms with Crippen molar-refractivity contribution in [2.75, 3.05) is 5.32 Å². The number of nitrogens with zero attached hydrogens (tertiary/aromatic N) is 2. The van der Waals surface area contributed by atoms with E-state index in [1.54, 1.807) is 0 Å². The van der Waals surface area contributed by atoms with Crippen LogP contribution >= 0.6 is 0 Å². The van der Waals surface area contributed by atoms with E-state index in [9.17, 15) is 4.79 Å². The summed E-state index contributed by atoms with van der Waals surface area (Å²) in [6.45, 7) is 1.98. The van der Waals surface area contributed by atoms with Crippen LogP contribution in [0.5, 0.6) is 0 Å². The van der Waals surface area contributed by atoms with Crippen LogP contribution < -0.4 is 5.32 Å². The van der Waals surface area contributed by atoms with Crippen LogP contribution in [-0.2, 0) is 17.6 Å². The normalized spacial score (nSPS) is 15.8. The van der Waals surface area contributed by atoms with Crippen LogP contribution in [0.2, 0.25) is 0 Å². The number of rotatable bonds is 5. The summed E-state index contributed by atoms with van der Waals surface area (Å²) in [6.07, 6.45) is 7.15. The fourth-order valence-electron chi connectivity index (χ4n) is 2.36. The lowest BCUT2D eigenvalue weighted by Crippen LogP contribution is -2.30. The predicted octanol–water partition coefficient (Wildman–Crippen LogP) is 2.02. The Bertz CT molecular complexity index is 434. The van der Waals surface area contributed by atoms with E-state index in [1.807, 2.05) is 6.92 Å². The summed E-state index contributed by atoms with van der Waals surface area (Å²) >= 11 is 0. The van der Waals surface area contributed by atoms with Crippen molar-refractivity contribution in [3.63, 3.8) is 0 Å². The van der Waals surface area contributed by atoms with E-state index in [0.717, 1.165) is 43.4 Å². The Morgan fingerprint density at radius 1 is 1.44 bits per heavy atom. The molecule has 0 bridgehead atoms. The fraction of sp³-hybridized carbons (Fsp3) is 0.615. The second kappa shape index (κ2) is 5.80. The highest BCUT2D eigenvalue weighted by molar-refractivity contribution is 5.77. The third kappa shape index (κ3) is 2.78. The molecule has 2 rings (SSSR count). The standard InChI is InChI=1S/C13H19N3O2/c1-2-5-11(13(17)18)16-12-9-6-3-4-7-10(9)14-8-15-12/h8,11H,2-7H2,1H3,(H,17,18)(H,14,15,16). The minimum absolute atomic E-state index is 0.559. The average Bonchev–Trinajstić information content (AvgIpc) is 2.38. The van der Waals surface area contributed by atoms with Crippen LogP contribution in [0.3, 0.4) is 0 Å². The lowest BCUT2D eigenvalue weighted by Gasteiger charge is -2.20. The summed E-state index contributed by atoms with van der Waals surface area (Å²) in [5.41, 5.74) is 2.17. The molecule has 0 radical (unpaired) electrons. The van der Waals surface area contributed by atoms with E-state index in [1.165, 1.54) is 6.33 Å². The molecular weight excluding hydrogens is 230 g/mol. The van der Waals surface area contributed by atoms with Gasteiger partial charge in [0.25, 0.3) is 0 Å². The lowest BCUT2D eigenvalue weighted by atomic mass is 9.96. The highest BCUT2D eigenvalue weighted by Gasteiger charge is 2.21. The Morgan fingerprint density at radius 2 is 2.22 bits per heavy atom. The van der Waals surface area contributed by atoms with Gasteiger partial charge in [-0.05, 0) is 32.1 Å². The average molecular weight is 249 g/mol. The molecule has 0 saturated carbocycles. The monoisotopic (exact) mass is 249 g/mol. The van der Waals surface area contributed by atoms with Gasteiger partial charge in [-0.15, -0.1) is 0 Å². The number of carboxylic acids is 1. The first kappa shape index (κ1) is 12.8. The molecule has 1 atom stereocenters. The van der Waals surface area contributed by atoms with E-state index < -0.39 is 12.0 Å². The number of aryl methyl sites for hydroxylation is 1. The Morgan fingerprint density at radius 3 is 2.94 bits per heavy atom. The number of carboxylic acid groups (broad SMARTS) is 1. The Hall–Kier alpha value is -1.65. The second-order valence-electron chi connectivity index (χ2n) is 4.68. The number of fused-ring (bicyclic) bond motifs is 1. The molecule has 1 aromatic rings. The molecule has 1 aliphatic carbocycles. The summed E-state index contributed by atoms with van der Waals surface area (Å²) in [4.78, 5) is 19.6. The zero-order valence-electron chi connectivity index (χ0n) is 10.6. The molecule has 1 aliphatic rings. The summed E-state index contributed by atoms with van der Waals surface area (Å²) in [7, 11) is 0. The van der Waals surface area contributed by atoms with E-state index in [-0.39, 0.29) is 0 Å². The van der Waals surface area contributed by atoms with E-state index in [4.69, 9.17) is 5.11 Å². The van der Waals surface area contributed by atoms with Gasteiger partial charge in [-0.2, -0.15) is 0 Å². The van der Waals surface area contributed by atoms with Crippen LogP contribution in [0.25, 0.3) is 0 Å². The van der Waals surface area contributed by atoms with Crippen molar-refractivity contribution in [1.29, 1.82) is 0 Å². The maximum Gasteiger partial charge on any atom is 0.326 e. The molecule has 1 aromatic heterocycles. The number of anilines is 1. The van der Waals surface area contributed by atoms with Gasteiger partial charge in [-0.1, -0.05) is 13.3 Å². The number of hydrogen-bond acceptors (Lipinski definition) is 4. The highest BCUT2D eigenvalue weighted by Crippen LogP contribution is 2.25. The third-order valence-electron chi connectivity index (χ3n) is 3.31. The molecule has 18 heavy (non-hydrogen) atoms. The summed E-state index contributed by atoms with van der Waals surface area (Å²) < 4.78 is 0. The number of aliphatic carboxylic acids is 1.